The first kappa shape index (κ1) is 18.5. The Kier molecular flexibility index (Phi) is 5.12. The van der Waals surface area contributed by atoms with Crippen molar-refractivity contribution < 1.29 is 9.53 Å². The summed E-state index contributed by atoms with van der Waals surface area (Å²) in [5.41, 5.74) is 8.00. The lowest BCUT2D eigenvalue weighted by atomic mass is 10.1. The van der Waals surface area contributed by atoms with Gasteiger partial charge in [0.2, 0.25) is 0 Å². The normalized spacial score (nSPS) is 11.1. The van der Waals surface area contributed by atoms with E-state index < -0.39 is 0 Å². The van der Waals surface area contributed by atoms with Crippen LogP contribution in [0.2, 0.25) is 0 Å². The molecule has 0 aliphatic carbocycles. The molecule has 1 aromatic heterocycles. The van der Waals surface area contributed by atoms with Crippen molar-refractivity contribution in [2.45, 2.75) is 6.92 Å². The number of aromatic amines is 1. The second-order valence-electron chi connectivity index (χ2n) is 6.73. The van der Waals surface area contributed by atoms with Gasteiger partial charge < -0.3 is 9.72 Å². The van der Waals surface area contributed by atoms with E-state index in [0.717, 1.165) is 39.0 Å². The zero-order valence-corrected chi connectivity index (χ0v) is 16.3. The van der Waals surface area contributed by atoms with E-state index in [1.54, 1.807) is 25.5 Å². The van der Waals surface area contributed by atoms with Gasteiger partial charge in [-0.2, -0.15) is 5.10 Å². The third-order valence-corrected chi connectivity index (χ3v) is 4.79. The van der Waals surface area contributed by atoms with Gasteiger partial charge in [-0.05, 0) is 30.7 Å². The Morgan fingerprint density at radius 3 is 2.48 bits per heavy atom. The molecule has 2 N–H and O–H groups in total. The number of para-hydroxylation sites is 1. The van der Waals surface area contributed by atoms with Crippen LogP contribution in [0, 0.1) is 6.92 Å². The maximum absolute atomic E-state index is 12.4. The average molecular weight is 383 g/mol. The smallest absolute Gasteiger partial charge is 0.271 e. The monoisotopic (exact) mass is 383 g/mol. The maximum Gasteiger partial charge on any atom is 0.271 e. The number of H-pyrrole nitrogens is 1. The lowest BCUT2D eigenvalue weighted by Gasteiger charge is -2.02. The van der Waals surface area contributed by atoms with Gasteiger partial charge in [0, 0.05) is 16.5 Å². The zero-order chi connectivity index (χ0) is 20.2. The highest BCUT2D eigenvalue weighted by molar-refractivity contribution is 6.07. The summed E-state index contributed by atoms with van der Waals surface area (Å²) in [5.74, 6) is 0.503. The Hall–Kier alpha value is -3.86. The highest BCUT2D eigenvalue weighted by Crippen LogP contribution is 2.33. The average Bonchev–Trinajstić information content (AvgIpc) is 3.13. The summed E-state index contributed by atoms with van der Waals surface area (Å²) in [7, 11) is 1.65. The lowest BCUT2D eigenvalue weighted by molar-refractivity contribution is 0.0955. The molecule has 0 spiro atoms. The van der Waals surface area contributed by atoms with Gasteiger partial charge in [-0.1, -0.05) is 60.2 Å². The molecule has 144 valence electrons. The number of rotatable bonds is 5. The van der Waals surface area contributed by atoms with Gasteiger partial charge >= 0.3 is 0 Å². The van der Waals surface area contributed by atoms with Crippen molar-refractivity contribution in [1.29, 1.82) is 0 Å². The van der Waals surface area contributed by atoms with E-state index in [1.165, 1.54) is 0 Å². The number of hydrogen-bond acceptors (Lipinski definition) is 3. The van der Waals surface area contributed by atoms with Gasteiger partial charge in [0.15, 0.2) is 0 Å². The number of aryl methyl sites for hydroxylation is 1. The van der Waals surface area contributed by atoms with Crippen LogP contribution in [0.4, 0.5) is 0 Å². The van der Waals surface area contributed by atoms with E-state index in [9.17, 15) is 4.79 Å². The molecule has 0 bridgehead atoms. The van der Waals surface area contributed by atoms with Gasteiger partial charge in [0.25, 0.3) is 5.91 Å². The number of methoxy groups -OCH3 is 1. The maximum atomic E-state index is 12.4. The fourth-order valence-electron chi connectivity index (χ4n) is 3.27. The predicted octanol–water partition coefficient (Wildman–Crippen LogP) is 4.92. The quantitative estimate of drug-likeness (QED) is 0.380. The van der Waals surface area contributed by atoms with E-state index in [-0.39, 0.29) is 5.91 Å². The molecule has 0 aliphatic heterocycles. The van der Waals surface area contributed by atoms with Crippen molar-refractivity contribution in [1.82, 2.24) is 10.4 Å². The Morgan fingerprint density at radius 2 is 1.76 bits per heavy atom. The third kappa shape index (κ3) is 3.75. The van der Waals surface area contributed by atoms with Crippen LogP contribution in [0.25, 0.3) is 22.2 Å². The third-order valence-electron chi connectivity index (χ3n) is 4.79. The second kappa shape index (κ2) is 8.02. The van der Waals surface area contributed by atoms with Crippen LogP contribution in [0.1, 0.15) is 21.5 Å². The van der Waals surface area contributed by atoms with Crippen LogP contribution in [0.5, 0.6) is 5.75 Å². The molecular formula is C24H21N3O2. The summed E-state index contributed by atoms with van der Waals surface area (Å²) in [5, 5.41) is 5.19. The Balaban J connectivity index is 1.71. The molecule has 0 unspecified atom stereocenters. The number of fused-ring (bicyclic) bond motifs is 1. The minimum atomic E-state index is -0.250. The minimum absolute atomic E-state index is 0.250. The molecule has 0 saturated carbocycles. The highest BCUT2D eigenvalue weighted by Gasteiger charge is 2.14. The summed E-state index contributed by atoms with van der Waals surface area (Å²) in [4.78, 5) is 15.8. The summed E-state index contributed by atoms with van der Waals surface area (Å²) in [6.07, 6.45) is 1.67. The van der Waals surface area contributed by atoms with Crippen LogP contribution in [-0.2, 0) is 0 Å². The molecule has 3 aromatic carbocycles. The Labute approximate surface area is 169 Å². The van der Waals surface area contributed by atoms with Gasteiger partial charge in [0.1, 0.15) is 5.75 Å². The molecule has 5 nitrogen and oxygen atoms in total. The van der Waals surface area contributed by atoms with Gasteiger partial charge in [-0.3, -0.25) is 4.79 Å². The molecule has 4 aromatic rings. The van der Waals surface area contributed by atoms with Crippen LogP contribution in [0.15, 0.2) is 77.9 Å². The SMILES string of the molecule is COc1cccc2c(/C=N/NC(=O)c3ccc(C)cc3)c(-c3ccccc3)[nH]c12. The minimum Gasteiger partial charge on any atom is -0.495 e. The standard InChI is InChI=1S/C24H21N3O2/c1-16-11-13-18(14-12-16)24(28)27-25-15-20-19-9-6-10-21(29-2)23(19)26-22(20)17-7-4-3-5-8-17/h3-15,26H,1-2H3,(H,27,28)/b25-15+. The summed E-state index contributed by atoms with van der Waals surface area (Å²) in [6.45, 7) is 1.98. The number of hydrazone groups is 1. The molecule has 0 fully saturated rings. The van der Waals surface area contributed by atoms with Crippen LogP contribution < -0.4 is 10.2 Å². The highest BCUT2D eigenvalue weighted by atomic mass is 16.5. The molecule has 1 amide bonds. The van der Waals surface area contributed by atoms with Crippen molar-refractivity contribution in [2.75, 3.05) is 7.11 Å². The van der Waals surface area contributed by atoms with E-state index in [0.29, 0.717) is 5.56 Å². The molecule has 0 radical (unpaired) electrons. The molecule has 0 atom stereocenters. The molecule has 5 heteroatoms. The number of carbonyl (C=O) groups is 1. The molecule has 4 rings (SSSR count). The predicted molar refractivity (Wildman–Crippen MR) is 117 cm³/mol. The number of ether oxygens (including phenoxy) is 1. The number of nitrogens with one attached hydrogen (secondary N) is 2. The van der Waals surface area contributed by atoms with E-state index in [2.05, 4.69) is 15.5 Å². The van der Waals surface area contributed by atoms with E-state index in [4.69, 9.17) is 4.74 Å². The van der Waals surface area contributed by atoms with Crippen LogP contribution >= 0.6 is 0 Å². The first-order valence-corrected chi connectivity index (χ1v) is 9.31. The van der Waals surface area contributed by atoms with Crippen molar-refractivity contribution in [3.05, 3.63) is 89.5 Å². The Morgan fingerprint density at radius 1 is 1.00 bits per heavy atom. The number of carbonyl (C=O) groups excluding carboxylic acids is 1. The first-order valence-electron chi connectivity index (χ1n) is 9.31. The number of benzene rings is 3. The molecule has 29 heavy (non-hydrogen) atoms. The van der Waals surface area contributed by atoms with E-state index >= 15 is 0 Å². The number of aromatic nitrogens is 1. The van der Waals surface area contributed by atoms with Gasteiger partial charge in [0.05, 0.1) is 24.5 Å². The van der Waals surface area contributed by atoms with Crippen molar-refractivity contribution >= 4 is 23.0 Å². The topological polar surface area (TPSA) is 66.5 Å². The second-order valence-corrected chi connectivity index (χ2v) is 6.73. The molecule has 1 heterocycles. The fraction of sp³-hybridized carbons (Fsp3) is 0.0833. The van der Waals surface area contributed by atoms with Crippen molar-refractivity contribution in [3.63, 3.8) is 0 Å². The Bertz CT molecular complexity index is 1180. The molecule has 0 aliphatic rings. The van der Waals surface area contributed by atoms with Gasteiger partial charge in [-0.15, -0.1) is 0 Å². The molecule has 0 saturated heterocycles. The molecular weight excluding hydrogens is 362 g/mol. The number of amides is 1. The summed E-state index contributed by atoms with van der Waals surface area (Å²) in [6, 6.07) is 23.2. The zero-order valence-electron chi connectivity index (χ0n) is 16.3. The summed E-state index contributed by atoms with van der Waals surface area (Å²) >= 11 is 0. The first-order chi connectivity index (χ1) is 14.2. The van der Waals surface area contributed by atoms with Gasteiger partial charge in [-0.25, -0.2) is 5.43 Å². The largest absolute Gasteiger partial charge is 0.495 e. The van der Waals surface area contributed by atoms with Crippen molar-refractivity contribution in [2.24, 2.45) is 5.10 Å². The van der Waals surface area contributed by atoms with E-state index in [1.807, 2.05) is 67.6 Å². The number of hydrogen-bond donors (Lipinski definition) is 2. The van der Waals surface area contributed by atoms with Crippen molar-refractivity contribution in [3.8, 4) is 17.0 Å². The van der Waals surface area contributed by atoms with Crippen LogP contribution in [0.3, 0.4) is 0 Å². The lowest BCUT2D eigenvalue weighted by Crippen LogP contribution is -2.17. The fourth-order valence-corrected chi connectivity index (χ4v) is 3.27. The van der Waals surface area contributed by atoms with Crippen LogP contribution in [-0.4, -0.2) is 24.2 Å². The number of nitrogens with zero attached hydrogens (tertiary/aromatic N) is 1. The summed E-state index contributed by atoms with van der Waals surface area (Å²) < 4.78 is 5.50.